The van der Waals surface area contributed by atoms with Crippen LogP contribution in [-0.4, -0.2) is 80.1 Å². The lowest BCUT2D eigenvalue weighted by Gasteiger charge is -2.31. The van der Waals surface area contributed by atoms with Gasteiger partial charge >= 0.3 is 0 Å². The number of amides is 3. The molecule has 0 aromatic heterocycles. The van der Waals surface area contributed by atoms with E-state index in [9.17, 15) is 14.4 Å². The van der Waals surface area contributed by atoms with Crippen LogP contribution in [0.5, 0.6) is 0 Å². The number of carbonyl (C=O) groups excluding carboxylic acids is 3. The van der Waals surface area contributed by atoms with Crippen molar-refractivity contribution in [3.05, 3.63) is 34.9 Å². The molecule has 1 aliphatic rings. The summed E-state index contributed by atoms with van der Waals surface area (Å²) in [6.07, 6.45) is 1.34. The number of hydrogen-bond donors (Lipinski definition) is 3. The van der Waals surface area contributed by atoms with Gasteiger partial charge in [0.2, 0.25) is 17.7 Å². The molecule has 0 radical (unpaired) electrons. The topological polar surface area (TPSA) is 131 Å². The minimum absolute atomic E-state index is 0.0167. The number of ether oxygens (including phenoxy) is 1. The maximum absolute atomic E-state index is 13.5. The molecule has 2 atom stereocenters. The molecule has 1 heterocycles. The molecule has 3 amide bonds. The van der Waals surface area contributed by atoms with Gasteiger partial charge in [0.25, 0.3) is 0 Å². The van der Waals surface area contributed by atoms with Gasteiger partial charge in [0.15, 0.2) is 0 Å². The molecule has 1 aromatic rings. The van der Waals surface area contributed by atoms with Crippen molar-refractivity contribution in [2.75, 3.05) is 39.4 Å². The van der Waals surface area contributed by atoms with Gasteiger partial charge in [-0.1, -0.05) is 37.5 Å². The van der Waals surface area contributed by atoms with Crippen LogP contribution in [0.25, 0.3) is 0 Å². The quantitative estimate of drug-likeness (QED) is 0.344. The van der Waals surface area contributed by atoms with Crippen molar-refractivity contribution < 1.29 is 19.1 Å². The Morgan fingerprint density at radius 2 is 1.94 bits per heavy atom. The van der Waals surface area contributed by atoms with Crippen LogP contribution in [-0.2, 0) is 32.2 Å². The molecule has 0 spiro atoms. The van der Waals surface area contributed by atoms with E-state index in [2.05, 4.69) is 5.32 Å². The Bertz CT molecular complexity index is 847. The zero-order valence-corrected chi connectivity index (χ0v) is 21.6. The van der Waals surface area contributed by atoms with Crippen molar-refractivity contribution in [1.82, 2.24) is 15.1 Å². The van der Waals surface area contributed by atoms with Crippen molar-refractivity contribution in [3.63, 3.8) is 0 Å². The fourth-order valence-corrected chi connectivity index (χ4v) is 4.37. The van der Waals surface area contributed by atoms with E-state index in [-0.39, 0.29) is 36.6 Å². The third kappa shape index (κ3) is 8.94. The molecule has 1 aromatic carbocycles. The van der Waals surface area contributed by atoms with Gasteiger partial charge in [-0.3, -0.25) is 14.4 Å². The maximum atomic E-state index is 13.5. The molecule has 35 heavy (non-hydrogen) atoms. The predicted molar refractivity (Wildman–Crippen MR) is 139 cm³/mol. The summed E-state index contributed by atoms with van der Waals surface area (Å²) >= 11 is 0. The fraction of sp³-hybridized carbons (Fsp3) is 0.640. The van der Waals surface area contributed by atoms with Crippen LogP contribution in [0.15, 0.2) is 18.2 Å². The highest BCUT2D eigenvalue weighted by molar-refractivity contribution is 6.36. The summed E-state index contributed by atoms with van der Waals surface area (Å²) in [7, 11) is 0.615. The lowest BCUT2D eigenvalue weighted by atomic mass is 9.65. The summed E-state index contributed by atoms with van der Waals surface area (Å²) in [5.41, 5.74) is 15.2. The van der Waals surface area contributed by atoms with E-state index in [4.69, 9.17) is 16.2 Å². The summed E-state index contributed by atoms with van der Waals surface area (Å²) < 4.78 is 5.31. The maximum Gasteiger partial charge on any atom is 0.239 e. The first-order chi connectivity index (χ1) is 16.8. The molecule has 1 fully saturated rings. The molecule has 0 bridgehead atoms. The molecule has 2 rings (SSSR count). The van der Waals surface area contributed by atoms with Crippen molar-refractivity contribution in [2.45, 2.75) is 59.0 Å². The van der Waals surface area contributed by atoms with E-state index < -0.39 is 5.92 Å². The molecule has 1 unspecified atom stereocenters. The number of hydrogen-bond acceptors (Lipinski definition) is 6. The highest BCUT2D eigenvalue weighted by Gasteiger charge is 2.31. The number of nitrogens with one attached hydrogen (secondary N) is 1. The highest BCUT2D eigenvalue weighted by Crippen LogP contribution is 2.17. The van der Waals surface area contributed by atoms with Crippen molar-refractivity contribution in [2.24, 2.45) is 17.4 Å². The number of carbonyl (C=O) groups is 3. The first-order valence-corrected chi connectivity index (χ1v) is 12.8. The van der Waals surface area contributed by atoms with E-state index in [1.165, 1.54) is 0 Å². The van der Waals surface area contributed by atoms with Crippen molar-refractivity contribution >= 4 is 25.0 Å². The average Bonchev–Trinajstić information content (AvgIpc) is 2.87. The number of nitrogens with zero attached hydrogens (tertiary/aromatic N) is 2. The Hall–Kier alpha value is -2.43. The van der Waals surface area contributed by atoms with Gasteiger partial charge in [-0.15, -0.1) is 0 Å². The standard InChI is InChI=1S/C25H42BN5O4/c1-4-9-31(17-22(32)29-16-20-14-18(2)5-6-19(20)15-27)25(34)21(24(28)26-3)7-8-23(33)30-10-12-35-13-11-30/h5-6,14,21,24,26H,4,7-13,15-17,27-28H2,1-3H3,(H,29,32)/t21-,24?/m0/s1. The lowest BCUT2D eigenvalue weighted by Crippen LogP contribution is -2.50. The van der Waals surface area contributed by atoms with Crippen LogP contribution < -0.4 is 16.8 Å². The number of aryl methyl sites for hydroxylation is 1. The average molecular weight is 487 g/mol. The zero-order chi connectivity index (χ0) is 25.8. The van der Waals surface area contributed by atoms with Gasteiger partial charge in [-0.05, 0) is 36.8 Å². The Labute approximate surface area is 210 Å². The van der Waals surface area contributed by atoms with E-state index in [0.29, 0.717) is 59.6 Å². The molecule has 0 saturated carbocycles. The van der Waals surface area contributed by atoms with Crippen LogP contribution in [0.3, 0.4) is 0 Å². The number of benzene rings is 1. The van der Waals surface area contributed by atoms with Crippen LogP contribution in [0, 0.1) is 12.8 Å². The normalized spacial score (nSPS) is 15.3. The summed E-state index contributed by atoms with van der Waals surface area (Å²) in [6.45, 7) is 9.29. The van der Waals surface area contributed by atoms with Gasteiger partial charge < -0.3 is 31.3 Å². The third-order valence-electron chi connectivity index (χ3n) is 6.54. The second kappa shape index (κ2) is 14.9. The van der Waals surface area contributed by atoms with Gasteiger partial charge in [-0.2, -0.15) is 0 Å². The zero-order valence-electron chi connectivity index (χ0n) is 21.6. The van der Waals surface area contributed by atoms with E-state index in [1.54, 1.807) is 9.80 Å². The van der Waals surface area contributed by atoms with Crippen LogP contribution in [0.4, 0.5) is 0 Å². The minimum atomic E-state index is -0.509. The van der Waals surface area contributed by atoms with E-state index in [1.807, 2.05) is 38.9 Å². The Morgan fingerprint density at radius 3 is 2.57 bits per heavy atom. The van der Waals surface area contributed by atoms with Crippen LogP contribution >= 0.6 is 0 Å². The van der Waals surface area contributed by atoms with E-state index in [0.717, 1.165) is 23.1 Å². The molecule has 5 N–H and O–H groups in total. The molecule has 0 aliphatic carbocycles. The van der Waals surface area contributed by atoms with Crippen molar-refractivity contribution in [3.8, 4) is 0 Å². The third-order valence-corrected chi connectivity index (χ3v) is 6.54. The van der Waals surface area contributed by atoms with Crippen molar-refractivity contribution in [1.29, 1.82) is 0 Å². The SMILES string of the molecule is CBC(N)[C@H](CCC(=O)N1CCOCC1)C(=O)N(CCC)CC(=O)NCc1cc(C)ccc1CN. The highest BCUT2D eigenvalue weighted by atomic mass is 16.5. The van der Waals surface area contributed by atoms with Gasteiger partial charge in [0, 0.05) is 45.1 Å². The predicted octanol–water partition coefficient (Wildman–Crippen LogP) is 0.333. The second-order valence-corrected chi connectivity index (χ2v) is 9.22. The fourth-order valence-electron chi connectivity index (χ4n) is 4.37. The minimum Gasteiger partial charge on any atom is -0.378 e. The summed E-state index contributed by atoms with van der Waals surface area (Å²) in [6, 6.07) is 5.98. The first kappa shape index (κ1) is 28.8. The molecule has 9 nitrogen and oxygen atoms in total. The van der Waals surface area contributed by atoms with Crippen LogP contribution in [0.2, 0.25) is 6.82 Å². The van der Waals surface area contributed by atoms with Gasteiger partial charge in [0.1, 0.15) is 7.28 Å². The Balaban J connectivity index is 2.01. The summed E-state index contributed by atoms with van der Waals surface area (Å²) in [5.74, 6) is -1.26. The lowest BCUT2D eigenvalue weighted by molar-refractivity contribution is -0.141. The summed E-state index contributed by atoms with van der Waals surface area (Å²) in [5, 5.41) is 2.93. The first-order valence-electron chi connectivity index (χ1n) is 12.8. The number of nitrogens with two attached hydrogens (primary N) is 2. The molecule has 10 heteroatoms. The Morgan fingerprint density at radius 1 is 1.23 bits per heavy atom. The van der Waals surface area contributed by atoms with E-state index >= 15 is 0 Å². The molecule has 1 saturated heterocycles. The monoisotopic (exact) mass is 487 g/mol. The second-order valence-electron chi connectivity index (χ2n) is 9.22. The van der Waals surface area contributed by atoms with Gasteiger partial charge in [0.05, 0.1) is 19.8 Å². The molecular weight excluding hydrogens is 445 g/mol. The smallest absolute Gasteiger partial charge is 0.239 e. The molecular formula is C25H42BN5O4. The number of morpholine rings is 1. The largest absolute Gasteiger partial charge is 0.378 e. The van der Waals surface area contributed by atoms with Crippen LogP contribution in [0.1, 0.15) is 42.9 Å². The molecule has 194 valence electrons. The Kier molecular flexibility index (Phi) is 12.2. The molecule has 1 aliphatic heterocycles. The summed E-state index contributed by atoms with van der Waals surface area (Å²) in [4.78, 5) is 42.3. The number of rotatable bonds is 13. The van der Waals surface area contributed by atoms with Gasteiger partial charge in [-0.25, -0.2) is 0 Å².